The van der Waals surface area contributed by atoms with E-state index in [1.807, 2.05) is 0 Å². The predicted octanol–water partition coefficient (Wildman–Crippen LogP) is -2.59. The van der Waals surface area contributed by atoms with Gasteiger partial charge in [-0.2, -0.15) is 0 Å². The first-order chi connectivity index (χ1) is 7.94. The molecule has 0 aromatic heterocycles. The van der Waals surface area contributed by atoms with Crippen LogP contribution in [0.3, 0.4) is 0 Å². The molecule has 4 atom stereocenters. The molecule has 2 aliphatic heterocycles. The van der Waals surface area contributed by atoms with Crippen molar-refractivity contribution in [1.29, 1.82) is 0 Å². The minimum absolute atomic E-state index is 0.116. The standard InChI is InChI=1S/C10H17NO6/c12-6-4-17-10(16,9(15)8(6)14)5-11-3-1-2-7(11)13/h6,8-9,12,14-16H,1-5H2. The van der Waals surface area contributed by atoms with E-state index in [1.165, 1.54) is 4.90 Å². The van der Waals surface area contributed by atoms with Crippen molar-refractivity contribution in [2.75, 3.05) is 19.7 Å². The molecule has 4 N–H and O–H groups in total. The summed E-state index contributed by atoms with van der Waals surface area (Å²) in [5, 5.41) is 38.5. The molecule has 17 heavy (non-hydrogen) atoms. The molecule has 2 rings (SSSR count). The second kappa shape index (κ2) is 4.51. The molecule has 0 aliphatic carbocycles. The topological polar surface area (TPSA) is 110 Å². The van der Waals surface area contributed by atoms with E-state index >= 15 is 0 Å². The molecule has 2 fully saturated rings. The first-order valence-corrected chi connectivity index (χ1v) is 5.62. The predicted molar refractivity (Wildman–Crippen MR) is 54.7 cm³/mol. The van der Waals surface area contributed by atoms with Gasteiger partial charge in [0.1, 0.15) is 18.3 Å². The van der Waals surface area contributed by atoms with Crippen LogP contribution in [0.1, 0.15) is 12.8 Å². The second-order valence-electron chi connectivity index (χ2n) is 4.58. The first kappa shape index (κ1) is 12.7. The number of amides is 1. The lowest BCUT2D eigenvalue weighted by molar-refractivity contribution is -0.323. The molecule has 98 valence electrons. The molecule has 2 aliphatic rings. The van der Waals surface area contributed by atoms with Crippen molar-refractivity contribution in [3.8, 4) is 0 Å². The number of carbonyl (C=O) groups is 1. The van der Waals surface area contributed by atoms with Crippen LogP contribution in [0, 0.1) is 0 Å². The van der Waals surface area contributed by atoms with Gasteiger partial charge in [0.05, 0.1) is 13.2 Å². The fourth-order valence-corrected chi connectivity index (χ4v) is 2.17. The fourth-order valence-electron chi connectivity index (χ4n) is 2.17. The summed E-state index contributed by atoms with van der Waals surface area (Å²) in [6, 6.07) is 0. The highest BCUT2D eigenvalue weighted by molar-refractivity contribution is 5.78. The molecule has 0 aromatic rings. The van der Waals surface area contributed by atoms with Gasteiger partial charge in [-0.05, 0) is 6.42 Å². The average molecular weight is 247 g/mol. The Labute approximate surface area is 98.2 Å². The number of hydrogen-bond donors (Lipinski definition) is 4. The van der Waals surface area contributed by atoms with Gasteiger partial charge in [-0.1, -0.05) is 0 Å². The summed E-state index contributed by atoms with van der Waals surface area (Å²) in [6.45, 7) is 0.0173. The summed E-state index contributed by atoms with van der Waals surface area (Å²) < 4.78 is 4.97. The van der Waals surface area contributed by atoms with Gasteiger partial charge in [0.25, 0.3) is 0 Å². The van der Waals surface area contributed by atoms with E-state index in [9.17, 15) is 25.2 Å². The highest BCUT2D eigenvalue weighted by Crippen LogP contribution is 2.26. The third kappa shape index (κ3) is 2.29. The number of β-amino-alcohol motifs (C(OH)–C–C–N with tert-alkyl or cyclic N) is 1. The summed E-state index contributed by atoms with van der Waals surface area (Å²) in [7, 11) is 0. The van der Waals surface area contributed by atoms with Crippen molar-refractivity contribution in [2.45, 2.75) is 36.9 Å². The van der Waals surface area contributed by atoms with Gasteiger partial charge in [0.2, 0.25) is 11.7 Å². The van der Waals surface area contributed by atoms with Gasteiger partial charge in [-0.15, -0.1) is 0 Å². The minimum atomic E-state index is -2.02. The lowest BCUT2D eigenvalue weighted by Gasteiger charge is -2.43. The molecular formula is C10H17NO6. The van der Waals surface area contributed by atoms with Gasteiger partial charge < -0.3 is 30.1 Å². The SMILES string of the molecule is O=C1CCCN1CC1(O)OCC(O)C(O)C1O. The van der Waals surface area contributed by atoms with Crippen LogP contribution in [0.25, 0.3) is 0 Å². The van der Waals surface area contributed by atoms with Gasteiger partial charge in [-0.3, -0.25) is 4.79 Å². The van der Waals surface area contributed by atoms with Crippen LogP contribution < -0.4 is 0 Å². The number of aliphatic hydroxyl groups excluding tert-OH is 3. The van der Waals surface area contributed by atoms with Gasteiger partial charge in [0, 0.05) is 13.0 Å². The maximum atomic E-state index is 11.4. The monoisotopic (exact) mass is 247 g/mol. The Balaban J connectivity index is 2.05. The molecule has 0 radical (unpaired) electrons. The van der Waals surface area contributed by atoms with E-state index in [0.717, 1.165) is 0 Å². The highest BCUT2D eigenvalue weighted by Gasteiger charge is 2.50. The average Bonchev–Trinajstić information content (AvgIpc) is 2.68. The first-order valence-electron chi connectivity index (χ1n) is 5.62. The molecule has 0 spiro atoms. The molecule has 7 heteroatoms. The van der Waals surface area contributed by atoms with Crippen molar-refractivity contribution in [3.05, 3.63) is 0 Å². The van der Waals surface area contributed by atoms with Crippen molar-refractivity contribution in [2.24, 2.45) is 0 Å². The van der Waals surface area contributed by atoms with Crippen molar-refractivity contribution >= 4 is 5.91 Å². The fraction of sp³-hybridized carbons (Fsp3) is 0.900. The molecule has 2 saturated heterocycles. The maximum absolute atomic E-state index is 11.4. The highest BCUT2D eigenvalue weighted by atomic mass is 16.6. The Morgan fingerprint density at radius 3 is 2.71 bits per heavy atom. The summed E-state index contributed by atoms with van der Waals surface area (Å²) in [5.74, 6) is -2.13. The van der Waals surface area contributed by atoms with E-state index in [-0.39, 0.29) is 19.1 Å². The Morgan fingerprint density at radius 2 is 2.12 bits per heavy atom. The van der Waals surface area contributed by atoms with Gasteiger partial charge in [0.15, 0.2) is 0 Å². The number of aliphatic hydroxyl groups is 4. The van der Waals surface area contributed by atoms with Crippen LogP contribution in [0.5, 0.6) is 0 Å². The zero-order valence-corrected chi connectivity index (χ0v) is 9.32. The number of nitrogens with zero attached hydrogens (tertiary/aromatic N) is 1. The molecule has 4 unspecified atom stereocenters. The van der Waals surface area contributed by atoms with Gasteiger partial charge >= 0.3 is 0 Å². The van der Waals surface area contributed by atoms with Crippen LogP contribution in [0.15, 0.2) is 0 Å². The van der Waals surface area contributed by atoms with Gasteiger partial charge in [-0.25, -0.2) is 0 Å². The third-order valence-electron chi connectivity index (χ3n) is 3.27. The quantitative estimate of drug-likeness (QED) is 0.426. The summed E-state index contributed by atoms with van der Waals surface area (Å²) in [4.78, 5) is 12.8. The lowest BCUT2D eigenvalue weighted by atomic mass is 9.96. The zero-order valence-electron chi connectivity index (χ0n) is 9.32. The Bertz CT molecular complexity index is 311. The normalized spacial score (nSPS) is 43.2. The van der Waals surface area contributed by atoms with E-state index < -0.39 is 24.1 Å². The van der Waals surface area contributed by atoms with Crippen LogP contribution in [0.2, 0.25) is 0 Å². The van der Waals surface area contributed by atoms with Crippen LogP contribution in [-0.4, -0.2) is 75.0 Å². The number of ether oxygens (including phenoxy) is 1. The van der Waals surface area contributed by atoms with E-state index in [0.29, 0.717) is 19.4 Å². The lowest BCUT2D eigenvalue weighted by Crippen LogP contribution is -2.64. The van der Waals surface area contributed by atoms with Crippen molar-refractivity contribution in [1.82, 2.24) is 4.90 Å². The van der Waals surface area contributed by atoms with E-state index in [1.54, 1.807) is 0 Å². The third-order valence-corrected chi connectivity index (χ3v) is 3.27. The summed E-state index contributed by atoms with van der Waals surface area (Å²) >= 11 is 0. The molecule has 0 aromatic carbocycles. The molecule has 0 bridgehead atoms. The molecular weight excluding hydrogens is 230 g/mol. The van der Waals surface area contributed by atoms with Crippen LogP contribution in [-0.2, 0) is 9.53 Å². The van der Waals surface area contributed by atoms with E-state index in [4.69, 9.17) is 4.74 Å². The van der Waals surface area contributed by atoms with Crippen LogP contribution in [0.4, 0.5) is 0 Å². The molecule has 0 saturated carbocycles. The Kier molecular flexibility index (Phi) is 3.37. The maximum Gasteiger partial charge on any atom is 0.222 e. The number of hydrogen-bond acceptors (Lipinski definition) is 6. The molecule has 7 nitrogen and oxygen atoms in total. The molecule has 2 heterocycles. The van der Waals surface area contributed by atoms with E-state index in [2.05, 4.69) is 0 Å². The summed E-state index contributed by atoms with van der Waals surface area (Å²) in [6.07, 6.45) is -3.24. The summed E-state index contributed by atoms with van der Waals surface area (Å²) in [5.41, 5.74) is 0. The second-order valence-corrected chi connectivity index (χ2v) is 4.58. The largest absolute Gasteiger partial charge is 0.388 e. The number of likely N-dealkylation sites (tertiary alicyclic amines) is 1. The smallest absolute Gasteiger partial charge is 0.222 e. The molecule has 1 amide bonds. The minimum Gasteiger partial charge on any atom is -0.388 e. The van der Waals surface area contributed by atoms with Crippen LogP contribution >= 0.6 is 0 Å². The number of rotatable bonds is 2. The zero-order chi connectivity index (χ0) is 12.6. The number of carbonyl (C=O) groups excluding carboxylic acids is 1. The Morgan fingerprint density at radius 1 is 1.41 bits per heavy atom. The van der Waals surface area contributed by atoms with Crippen molar-refractivity contribution < 1.29 is 30.0 Å². The Hall–Kier alpha value is -0.730. The van der Waals surface area contributed by atoms with Crippen molar-refractivity contribution in [3.63, 3.8) is 0 Å².